The molecule has 10 heteroatoms. The Balaban J connectivity index is 1.93. The third-order valence-corrected chi connectivity index (χ3v) is 6.01. The van der Waals surface area contributed by atoms with Crippen LogP contribution in [-0.4, -0.2) is 56.5 Å². The number of carbonyl (C=O) groups excluding carboxylic acids is 1. The van der Waals surface area contributed by atoms with E-state index in [-0.39, 0.29) is 22.6 Å². The van der Waals surface area contributed by atoms with Gasteiger partial charge in [-0.05, 0) is 36.6 Å². The smallest absolute Gasteiger partial charge is 0.352 e. The molecule has 1 aliphatic heterocycles. The SMILES string of the molecule is C=CC(=O)N1CCN(c2nc(=O)n(-c3c(C)ccnc3C(C)C)c3nc(Cl)c(F)cc23)CC1. The lowest BCUT2D eigenvalue weighted by Crippen LogP contribution is -2.49. The Kier molecular flexibility index (Phi) is 6.16. The van der Waals surface area contributed by atoms with Crippen molar-refractivity contribution < 1.29 is 9.18 Å². The first-order chi connectivity index (χ1) is 15.7. The van der Waals surface area contributed by atoms with Crippen LogP contribution >= 0.6 is 11.6 Å². The fraction of sp³-hybridized carbons (Fsp3) is 0.348. The van der Waals surface area contributed by atoms with E-state index < -0.39 is 11.5 Å². The summed E-state index contributed by atoms with van der Waals surface area (Å²) in [7, 11) is 0. The van der Waals surface area contributed by atoms with Crippen molar-refractivity contribution in [1.29, 1.82) is 0 Å². The van der Waals surface area contributed by atoms with Crippen LogP contribution in [0.4, 0.5) is 10.2 Å². The molecule has 1 aliphatic rings. The zero-order valence-corrected chi connectivity index (χ0v) is 19.4. The fourth-order valence-electron chi connectivity index (χ4n) is 4.08. The predicted octanol–water partition coefficient (Wildman–Crippen LogP) is 3.23. The van der Waals surface area contributed by atoms with E-state index in [4.69, 9.17) is 11.6 Å². The Hall–Kier alpha value is -3.33. The molecule has 1 saturated heterocycles. The first-order valence-electron chi connectivity index (χ1n) is 10.6. The number of amides is 1. The molecule has 4 heterocycles. The summed E-state index contributed by atoms with van der Waals surface area (Å²) >= 11 is 6.04. The number of hydrogen-bond acceptors (Lipinski definition) is 6. The van der Waals surface area contributed by atoms with E-state index >= 15 is 0 Å². The minimum Gasteiger partial charge on any atom is -0.352 e. The number of anilines is 1. The summed E-state index contributed by atoms with van der Waals surface area (Å²) < 4.78 is 15.9. The molecule has 8 nitrogen and oxygen atoms in total. The fourth-order valence-corrected chi connectivity index (χ4v) is 4.21. The highest BCUT2D eigenvalue weighted by Gasteiger charge is 2.26. The monoisotopic (exact) mass is 470 g/mol. The minimum atomic E-state index is -0.704. The second-order valence-corrected chi connectivity index (χ2v) is 8.58. The molecule has 3 aromatic rings. The van der Waals surface area contributed by atoms with Crippen molar-refractivity contribution in [3.63, 3.8) is 0 Å². The summed E-state index contributed by atoms with van der Waals surface area (Å²) in [6.45, 7) is 11.1. The number of piperazine rings is 1. The van der Waals surface area contributed by atoms with Crippen molar-refractivity contribution in [2.75, 3.05) is 31.1 Å². The first kappa shape index (κ1) is 22.8. The van der Waals surface area contributed by atoms with Gasteiger partial charge < -0.3 is 9.80 Å². The van der Waals surface area contributed by atoms with Gasteiger partial charge in [0.1, 0.15) is 5.82 Å². The molecule has 0 aliphatic carbocycles. The molecule has 0 spiro atoms. The van der Waals surface area contributed by atoms with Gasteiger partial charge in [-0.15, -0.1) is 0 Å². The van der Waals surface area contributed by atoms with Crippen LogP contribution in [0.3, 0.4) is 0 Å². The molecule has 4 rings (SSSR count). The van der Waals surface area contributed by atoms with Crippen LogP contribution in [0, 0.1) is 12.7 Å². The molecule has 0 unspecified atom stereocenters. The van der Waals surface area contributed by atoms with Crippen molar-refractivity contribution in [1.82, 2.24) is 24.4 Å². The van der Waals surface area contributed by atoms with Crippen LogP contribution < -0.4 is 10.6 Å². The molecule has 0 saturated carbocycles. The summed E-state index contributed by atoms with van der Waals surface area (Å²) in [6, 6.07) is 3.05. The quantitative estimate of drug-likeness (QED) is 0.430. The number of carbonyl (C=O) groups is 1. The zero-order chi connectivity index (χ0) is 23.9. The topological polar surface area (TPSA) is 84.2 Å². The van der Waals surface area contributed by atoms with E-state index in [2.05, 4.69) is 21.5 Å². The Morgan fingerprint density at radius 2 is 1.94 bits per heavy atom. The molecule has 3 aromatic heterocycles. The summed E-state index contributed by atoms with van der Waals surface area (Å²) in [6.07, 6.45) is 2.96. The molecule has 1 amide bonds. The maximum absolute atomic E-state index is 14.5. The van der Waals surface area contributed by atoms with E-state index in [1.807, 2.05) is 25.7 Å². The highest BCUT2D eigenvalue weighted by Crippen LogP contribution is 2.30. The second-order valence-electron chi connectivity index (χ2n) is 8.22. The van der Waals surface area contributed by atoms with Gasteiger partial charge in [-0.1, -0.05) is 32.0 Å². The number of pyridine rings is 2. The summed E-state index contributed by atoms with van der Waals surface area (Å²) in [4.78, 5) is 41.9. The molecule has 0 aromatic carbocycles. The molecule has 172 valence electrons. The number of aryl methyl sites for hydroxylation is 1. The van der Waals surface area contributed by atoms with Crippen LogP contribution in [0.2, 0.25) is 5.15 Å². The average molecular weight is 471 g/mol. The van der Waals surface area contributed by atoms with Crippen molar-refractivity contribution in [3.8, 4) is 5.69 Å². The summed E-state index contributed by atoms with van der Waals surface area (Å²) in [5.41, 5.74) is 1.73. The second kappa shape index (κ2) is 8.90. The van der Waals surface area contributed by atoms with E-state index in [0.717, 1.165) is 5.56 Å². The molecular formula is C23H24ClFN6O2. The Morgan fingerprint density at radius 1 is 1.24 bits per heavy atom. The summed E-state index contributed by atoms with van der Waals surface area (Å²) in [5.74, 6) is -0.527. The molecule has 0 radical (unpaired) electrons. The van der Waals surface area contributed by atoms with Gasteiger partial charge in [0, 0.05) is 32.4 Å². The Labute approximate surface area is 195 Å². The standard InChI is InChI=1S/C23H24ClFN6O2/c1-5-17(32)29-8-10-30(11-9-29)21-15-12-16(25)20(24)27-22(15)31(23(33)28-21)19-14(4)6-7-26-18(19)13(2)3/h5-7,12-13H,1,8-11H2,2-4H3. The maximum Gasteiger partial charge on any atom is 0.355 e. The van der Waals surface area contributed by atoms with Gasteiger partial charge in [0.2, 0.25) is 5.91 Å². The Bertz CT molecular complexity index is 1310. The summed E-state index contributed by atoms with van der Waals surface area (Å²) in [5, 5.41) is 0.0276. The third kappa shape index (κ3) is 4.08. The van der Waals surface area contributed by atoms with E-state index in [0.29, 0.717) is 48.8 Å². The maximum atomic E-state index is 14.5. The number of nitrogens with zero attached hydrogens (tertiary/aromatic N) is 6. The van der Waals surface area contributed by atoms with Crippen LogP contribution in [0.1, 0.15) is 31.0 Å². The van der Waals surface area contributed by atoms with Gasteiger partial charge in [-0.25, -0.2) is 18.7 Å². The highest BCUT2D eigenvalue weighted by molar-refractivity contribution is 6.30. The largest absolute Gasteiger partial charge is 0.355 e. The number of aromatic nitrogens is 4. The normalized spacial score (nSPS) is 14.2. The Morgan fingerprint density at radius 3 is 2.58 bits per heavy atom. The molecule has 0 N–H and O–H groups in total. The van der Waals surface area contributed by atoms with Crippen LogP contribution in [0.15, 0.2) is 35.8 Å². The zero-order valence-electron chi connectivity index (χ0n) is 18.7. The number of fused-ring (bicyclic) bond motifs is 1. The van der Waals surface area contributed by atoms with Crippen LogP contribution in [0.5, 0.6) is 0 Å². The van der Waals surface area contributed by atoms with E-state index in [1.54, 1.807) is 17.2 Å². The van der Waals surface area contributed by atoms with Crippen molar-refractivity contribution in [3.05, 3.63) is 63.7 Å². The molecular weight excluding hydrogens is 447 g/mol. The number of rotatable bonds is 4. The molecule has 33 heavy (non-hydrogen) atoms. The van der Waals surface area contributed by atoms with Gasteiger partial charge in [0.05, 0.1) is 16.8 Å². The van der Waals surface area contributed by atoms with Crippen molar-refractivity contribution in [2.24, 2.45) is 0 Å². The van der Waals surface area contributed by atoms with Gasteiger partial charge in [0.15, 0.2) is 16.6 Å². The lowest BCUT2D eigenvalue weighted by Gasteiger charge is -2.35. The molecule has 0 atom stereocenters. The third-order valence-electron chi connectivity index (χ3n) is 5.75. The van der Waals surface area contributed by atoms with Gasteiger partial charge in [0.25, 0.3) is 0 Å². The molecule has 1 fully saturated rings. The lowest BCUT2D eigenvalue weighted by molar-refractivity contribution is -0.126. The molecule has 0 bridgehead atoms. The lowest BCUT2D eigenvalue weighted by atomic mass is 10.0. The number of halogens is 2. The van der Waals surface area contributed by atoms with E-state index in [1.165, 1.54) is 16.7 Å². The predicted molar refractivity (Wildman–Crippen MR) is 126 cm³/mol. The van der Waals surface area contributed by atoms with Crippen molar-refractivity contribution in [2.45, 2.75) is 26.7 Å². The van der Waals surface area contributed by atoms with Crippen LogP contribution in [0.25, 0.3) is 16.7 Å². The van der Waals surface area contributed by atoms with Crippen molar-refractivity contribution >= 4 is 34.4 Å². The van der Waals surface area contributed by atoms with E-state index in [9.17, 15) is 14.0 Å². The number of hydrogen-bond donors (Lipinski definition) is 0. The van der Waals surface area contributed by atoms with Gasteiger partial charge in [-0.2, -0.15) is 4.98 Å². The van der Waals surface area contributed by atoms with Crippen LogP contribution in [-0.2, 0) is 4.79 Å². The minimum absolute atomic E-state index is 0.0212. The van der Waals surface area contributed by atoms with Gasteiger partial charge in [-0.3, -0.25) is 9.78 Å². The van der Waals surface area contributed by atoms with Gasteiger partial charge >= 0.3 is 5.69 Å². The average Bonchev–Trinajstić information content (AvgIpc) is 2.80. The first-order valence-corrected chi connectivity index (χ1v) is 11.0. The highest BCUT2D eigenvalue weighted by atomic mass is 35.5.